The Balaban J connectivity index is 4.61. The number of rotatable bonds is 9. The van der Waals surface area contributed by atoms with Gasteiger partial charge in [-0.1, -0.05) is 51.2 Å². The van der Waals surface area contributed by atoms with Gasteiger partial charge in [0.05, 0.1) is 6.10 Å². The van der Waals surface area contributed by atoms with Crippen LogP contribution in [0.2, 0.25) is 12.1 Å². The molecule has 0 N–H and O–H groups in total. The molecule has 0 radical (unpaired) electrons. The van der Waals surface area contributed by atoms with Crippen LogP contribution >= 0.6 is 0 Å². The highest BCUT2D eigenvalue weighted by atomic mass is 28.3. The Kier molecular flexibility index (Phi) is 9.99. The Morgan fingerprint density at radius 1 is 1.06 bits per heavy atom. The van der Waals surface area contributed by atoms with E-state index in [1.54, 1.807) is 0 Å². The van der Waals surface area contributed by atoms with Crippen LogP contribution in [0, 0.1) is 11.8 Å². The van der Waals surface area contributed by atoms with E-state index in [1.165, 1.54) is 0 Å². The van der Waals surface area contributed by atoms with E-state index in [-0.39, 0.29) is 0 Å². The summed E-state index contributed by atoms with van der Waals surface area (Å²) in [6.45, 7) is 14.7. The van der Waals surface area contributed by atoms with Crippen LogP contribution in [0.15, 0.2) is 37.0 Å². The van der Waals surface area contributed by atoms with Gasteiger partial charge in [0.1, 0.15) is 0 Å². The van der Waals surface area contributed by atoms with Crippen molar-refractivity contribution < 1.29 is 4.43 Å². The van der Waals surface area contributed by atoms with E-state index in [1.807, 2.05) is 6.08 Å². The summed E-state index contributed by atoms with van der Waals surface area (Å²) >= 11 is 0. The maximum Gasteiger partial charge on any atom is 0.184 e. The van der Waals surface area contributed by atoms with Gasteiger partial charge in [-0.15, -0.1) is 6.58 Å². The highest BCUT2D eigenvalue weighted by Gasteiger charge is 2.23. The molecule has 2 atom stereocenters. The Morgan fingerprint density at radius 2 is 1.56 bits per heavy atom. The van der Waals surface area contributed by atoms with E-state index in [4.69, 9.17) is 4.43 Å². The van der Waals surface area contributed by atoms with Crippen LogP contribution in [0.25, 0.3) is 0 Å². The maximum absolute atomic E-state index is 6.43. The van der Waals surface area contributed by atoms with Crippen molar-refractivity contribution in [2.75, 3.05) is 0 Å². The van der Waals surface area contributed by atoms with Crippen LogP contribution in [-0.2, 0) is 4.43 Å². The Morgan fingerprint density at radius 3 is 1.89 bits per heavy atom. The molecule has 1 nitrogen and oxygen atoms in total. The molecule has 0 aliphatic rings. The highest BCUT2D eigenvalue weighted by molar-refractivity contribution is 6.53. The molecule has 104 valence electrons. The van der Waals surface area contributed by atoms with Crippen LogP contribution in [-0.4, -0.2) is 15.1 Å². The fraction of sp³-hybridized carbons (Fsp3) is 0.625. The van der Waals surface area contributed by atoms with Crippen molar-refractivity contribution in [1.82, 2.24) is 0 Å². The van der Waals surface area contributed by atoms with Crippen LogP contribution in [0.1, 0.15) is 34.6 Å². The third kappa shape index (κ3) is 6.97. The third-order valence-corrected chi connectivity index (χ3v) is 5.46. The minimum absolute atomic E-state index is 0.315. The normalized spacial score (nSPS) is 15.9. The number of hydrogen-bond donors (Lipinski definition) is 0. The molecule has 0 fully saturated rings. The zero-order valence-corrected chi connectivity index (χ0v) is 13.9. The monoisotopic (exact) mass is 266 g/mol. The zero-order valence-electron chi connectivity index (χ0n) is 12.7. The predicted molar refractivity (Wildman–Crippen MR) is 85.5 cm³/mol. The summed E-state index contributed by atoms with van der Waals surface area (Å²) in [7, 11) is -1.17. The first-order valence-electron chi connectivity index (χ1n) is 7.07. The average Bonchev–Trinajstić information content (AvgIpc) is 2.36. The van der Waals surface area contributed by atoms with Crippen LogP contribution < -0.4 is 0 Å². The van der Waals surface area contributed by atoms with E-state index in [0.29, 0.717) is 17.9 Å². The minimum atomic E-state index is -1.17. The first-order chi connectivity index (χ1) is 8.56. The Hall–Kier alpha value is -0.603. The fourth-order valence-corrected chi connectivity index (χ4v) is 4.60. The van der Waals surface area contributed by atoms with Crippen LogP contribution in [0.3, 0.4) is 0 Å². The first kappa shape index (κ1) is 17.4. The largest absolute Gasteiger partial charge is 0.416 e. The molecule has 0 saturated carbocycles. The smallest absolute Gasteiger partial charge is 0.184 e. The molecule has 0 bridgehead atoms. The third-order valence-electron chi connectivity index (χ3n) is 3.17. The molecule has 0 heterocycles. The number of hydrogen-bond acceptors (Lipinski definition) is 1. The van der Waals surface area contributed by atoms with Gasteiger partial charge in [-0.05, 0) is 37.8 Å². The molecule has 0 aromatic heterocycles. The molecule has 0 aromatic carbocycles. The van der Waals surface area contributed by atoms with Gasteiger partial charge in [0.2, 0.25) is 0 Å². The van der Waals surface area contributed by atoms with Crippen molar-refractivity contribution in [2.24, 2.45) is 11.8 Å². The second-order valence-corrected chi connectivity index (χ2v) is 7.63. The lowest BCUT2D eigenvalue weighted by Gasteiger charge is -2.29. The van der Waals surface area contributed by atoms with Gasteiger partial charge in [-0.25, -0.2) is 0 Å². The SMILES string of the molecule is C=CC(C)[C@H](O[SiH](C/C=C\C)C/C=C\C)C(C)C. The lowest BCUT2D eigenvalue weighted by atomic mass is 9.95. The van der Waals surface area contributed by atoms with Crippen LogP contribution in [0.4, 0.5) is 0 Å². The number of allylic oxidation sites excluding steroid dienone is 4. The van der Waals surface area contributed by atoms with E-state index in [9.17, 15) is 0 Å². The first-order valence-corrected chi connectivity index (χ1v) is 9.17. The van der Waals surface area contributed by atoms with Gasteiger partial charge in [0, 0.05) is 0 Å². The lowest BCUT2D eigenvalue weighted by molar-refractivity contribution is 0.115. The van der Waals surface area contributed by atoms with Crippen molar-refractivity contribution in [3.8, 4) is 0 Å². The zero-order chi connectivity index (χ0) is 14.0. The molecule has 18 heavy (non-hydrogen) atoms. The molecule has 0 rings (SSSR count). The molecular formula is C16H30OSi. The van der Waals surface area contributed by atoms with Crippen molar-refractivity contribution in [3.05, 3.63) is 37.0 Å². The van der Waals surface area contributed by atoms with E-state index in [2.05, 4.69) is 65.5 Å². The summed E-state index contributed by atoms with van der Waals surface area (Å²) in [4.78, 5) is 0. The molecule has 0 aliphatic carbocycles. The van der Waals surface area contributed by atoms with Crippen molar-refractivity contribution in [1.29, 1.82) is 0 Å². The highest BCUT2D eigenvalue weighted by Crippen LogP contribution is 2.21. The van der Waals surface area contributed by atoms with E-state index < -0.39 is 9.04 Å². The van der Waals surface area contributed by atoms with Crippen molar-refractivity contribution in [2.45, 2.75) is 52.8 Å². The van der Waals surface area contributed by atoms with Gasteiger partial charge < -0.3 is 4.43 Å². The summed E-state index contributed by atoms with van der Waals surface area (Å²) in [5, 5.41) is 0. The fourth-order valence-electron chi connectivity index (χ4n) is 2.03. The standard InChI is InChI=1S/C16H30OSi/c1-7-10-12-18(13-11-8-2)17-16(14(4)5)15(6)9-3/h7-11,14-16,18H,3,12-13H2,1-2,4-6H3/b10-7-,11-8-/t15?,16-/m1/s1. The summed E-state index contributed by atoms with van der Waals surface area (Å²) < 4.78 is 6.43. The minimum Gasteiger partial charge on any atom is -0.416 e. The quantitative estimate of drug-likeness (QED) is 0.433. The maximum atomic E-state index is 6.43. The second-order valence-electron chi connectivity index (χ2n) is 5.17. The van der Waals surface area contributed by atoms with Gasteiger partial charge in [0.15, 0.2) is 9.04 Å². The molecule has 2 heteroatoms. The molecule has 0 aliphatic heterocycles. The summed E-state index contributed by atoms with van der Waals surface area (Å²) in [6, 6.07) is 2.24. The predicted octanol–water partition coefficient (Wildman–Crippen LogP) is 4.73. The topological polar surface area (TPSA) is 9.23 Å². The van der Waals surface area contributed by atoms with Crippen LogP contribution in [0.5, 0.6) is 0 Å². The summed E-state index contributed by atoms with van der Waals surface area (Å²) in [6.07, 6.45) is 11.1. The molecule has 1 unspecified atom stereocenters. The van der Waals surface area contributed by atoms with Crippen molar-refractivity contribution in [3.63, 3.8) is 0 Å². The second kappa shape index (κ2) is 10.3. The molecule has 0 amide bonds. The molecular weight excluding hydrogens is 236 g/mol. The summed E-state index contributed by atoms with van der Waals surface area (Å²) in [5.41, 5.74) is 0. The van der Waals surface area contributed by atoms with E-state index in [0.717, 1.165) is 12.1 Å². The average molecular weight is 267 g/mol. The van der Waals surface area contributed by atoms with Gasteiger partial charge in [0.25, 0.3) is 0 Å². The van der Waals surface area contributed by atoms with Crippen molar-refractivity contribution >= 4 is 9.04 Å². The van der Waals surface area contributed by atoms with E-state index >= 15 is 0 Å². The van der Waals surface area contributed by atoms with Gasteiger partial charge in [-0.3, -0.25) is 0 Å². The molecule has 0 saturated heterocycles. The molecule has 0 spiro atoms. The molecule has 0 aromatic rings. The van der Waals surface area contributed by atoms with Gasteiger partial charge in [-0.2, -0.15) is 0 Å². The van der Waals surface area contributed by atoms with Gasteiger partial charge >= 0.3 is 0 Å². The lowest BCUT2D eigenvalue weighted by Crippen LogP contribution is -2.33. The Labute approximate surface area is 115 Å². The summed E-state index contributed by atoms with van der Waals surface area (Å²) in [5.74, 6) is 0.973. The Bertz CT molecular complexity index is 254.